The third-order valence-corrected chi connectivity index (χ3v) is 4.60. The van der Waals surface area contributed by atoms with E-state index in [9.17, 15) is 0 Å². The van der Waals surface area contributed by atoms with Crippen molar-refractivity contribution >= 4 is 32.8 Å². The van der Waals surface area contributed by atoms with Gasteiger partial charge in [-0.1, -0.05) is 65.3 Å². The van der Waals surface area contributed by atoms with E-state index in [4.69, 9.17) is 0 Å². The molecule has 0 spiro atoms. The van der Waals surface area contributed by atoms with Crippen LogP contribution in [0.1, 0.15) is 12.5 Å². The molecule has 0 aliphatic heterocycles. The fourth-order valence-electron chi connectivity index (χ4n) is 2.64. The Bertz CT molecular complexity index is 962. The van der Waals surface area contributed by atoms with E-state index < -0.39 is 0 Å². The van der Waals surface area contributed by atoms with Crippen molar-refractivity contribution in [2.24, 2.45) is 0 Å². The maximum Gasteiger partial charge on any atom is 0.143 e. The van der Waals surface area contributed by atoms with Crippen LogP contribution in [0.15, 0.2) is 71.5 Å². The van der Waals surface area contributed by atoms with Gasteiger partial charge in [-0.25, -0.2) is 9.97 Å². The Balaban J connectivity index is 0.000000206. The highest BCUT2D eigenvalue weighted by molar-refractivity contribution is 9.10. The molecular weight excluding hydrogens is 388 g/mol. The number of H-pyrrole nitrogens is 1. The molecule has 2 aromatic heterocycles. The summed E-state index contributed by atoms with van der Waals surface area (Å²) >= 11 is 3.43. The van der Waals surface area contributed by atoms with Crippen molar-refractivity contribution in [2.75, 3.05) is 12.4 Å². The Labute approximate surface area is 161 Å². The first kappa shape index (κ1) is 18.1. The van der Waals surface area contributed by atoms with Gasteiger partial charge in [0.05, 0.1) is 5.39 Å². The number of aryl methyl sites for hydroxylation is 1. The van der Waals surface area contributed by atoms with Crippen LogP contribution in [-0.2, 0) is 6.42 Å². The summed E-state index contributed by atoms with van der Waals surface area (Å²) in [4.78, 5) is 11.7. The number of rotatable bonds is 3. The molecule has 4 rings (SSSR count). The number of aromatic amines is 1. The third-order valence-electron chi connectivity index (χ3n) is 4.07. The highest BCUT2D eigenvalue weighted by atomic mass is 79.9. The fourth-order valence-corrected chi connectivity index (χ4v) is 2.90. The lowest BCUT2D eigenvalue weighted by Gasteiger charge is -1.97. The number of anilines is 1. The normalized spacial score (nSPS) is 10.3. The van der Waals surface area contributed by atoms with Crippen molar-refractivity contribution in [1.29, 1.82) is 0 Å². The second kappa shape index (κ2) is 8.63. The summed E-state index contributed by atoms with van der Waals surface area (Å²) in [5.41, 5.74) is 4.41. The number of halogens is 1. The first-order valence-corrected chi connectivity index (χ1v) is 9.32. The van der Waals surface area contributed by atoms with Gasteiger partial charge in [-0.2, -0.15) is 0 Å². The lowest BCUT2D eigenvalue weighted by Crippen LogP contribution is -1.92. The molecule has 0 saturated heterocycles. The van der Waals surface area contributed by atoms with E-state index in [1.54, 1.807) is 6.33 Å². The Morgan fingerprint density at radius 1 is 1.00 bits per heavy atom. The smallest absolute Gasteiger partial charge is 0.143 e. The van der Waals surface area contributed by atoms with Crippen LogP contribution >= 0.6 is 15.9 Å². The number of nitrogens with zero attached hydrogens (tertiary/aromatic N) is 2. The second-order valence-corrected chi connectivity index (χ2v) is 6.68. The molecule has 0 bridgehead atoms. The number of hydrogen-bond acceptors (Lipinski definition) is 3. The molecule has 4 aromatic rings. The molecule has 0 radical (unpaired) electrons. The predicted molar refractivity (Wildman–Crippen MR) is 112 cm³/mol. The summed E-state index contributed by atoms with van der Waals surface area (Å²) in [6.07, 6.45) is 2.69. The molecule has 0 aliphatic carbocycles. The van der Waals surface area contributed by atoms with E-state index in [0.717, 1.165) is 39.0 Å². The summed E-state index contributed by atoms with van der Waals surface area (Å²) in [6.45, 7) is 2.16. The van der Waals surface area contributed by atoms with Crippen LogP contribution in [-0.4, -0.2) is 22.0 Å². The van der Waals surface area contributed by atoms with Crippen molar-refractivity contribution in [2.45, 2.75) is 13.3 Å². The quantitative estimate of drug-likeness (QED) is 0.458. The Hall–Kier alpha value is -2.66. The molecule has 0 fully saturated rings. The van der Waals surface area contributed by atoms with Gasteiger partial charge in [0.1, 0.15) is 17.8 Å². The van der Waals surface area contributed by atoms with E-state index in [2.05, 4.69) is 85.6 Å². The first-order valence-electron chi connectivity index (χ1n) is 8.52. The van der Waals surface area contributed by atoms with Crippen LogP contribution in [0, 0.1) is 0 Å². The van der Waals surface area contributed by atoms with E-state index in [1.165, 1.54) is 5.56 Å². The van der Waals surface area contributed by atoms with Gasteiger partial charge < -0.3 is 10.3 Å². The predicted octanol–water partition coefficient (Wildman–Crippen LogP) is 5.68. The second-order valence-electron chi connectivity index (χ2n) is 5.76. The van der Waals surface area contributed by atoms with Crippen LogP contribution in [0.3, 0.4) is 0 Å². The van der Waals surface area contributed by atoms with Crippen molar-refractivity contribution < 1.29 is 0 Å². The van der Waals surface area contributed by atoms with Crippen LogP contribution in [0.4, 0.5) is 5.82 Å². The molecule has 0 amide bonds. The average Bonchev–Trinajstić information content (AvgIpc) is 3.14. The van der Waals surface area contributed by atoms with Gasteiger partial charge in [0, 0.05) is 17.2 Å². The van der Waals surface area contributed by atoms with Gasteiger partial charge in [0.15, 0.2) is 0 Å². The lowest BCUT2D eigenvalue weighted by atomic mass is 10.1. The van der Waals surface area contributed by atoms with Crippen LogP contribution in [0.5, 0.6) is 0 Å². The summed E-state index contributed by atoms with van der Waals surface area (Å²) < 4.78 is 1.07. The zero-order valence-electron chi connectivity index (χ0n) is 14.8. The number of nitrogens with one attached hydrogen (secondary N) is 2. The van der Waals surface area contributed by atoms with Gasteiger partial charge in [0.25, 0.3) is 0 Å². The van der Waals surface area contributed by atoms with Gasteiger partial charge in [-0.3, -0.25) is 0 Å². The zero-order chi connectivity index (χ0) is 18.4. The zero-order valence-corrected chi connectivity index (χ0v) is 16.4. The van der Waals surface area contributed by atoms with Crippen LogP contribution in [0.2, 0.25) is 0 Å². The molecule has 0 unspecified atom stereocenters. The minimum Gasteiger partial charge on any atom is -0.372 e. The van der Waals surface area contributed by atoms with E-state index in [1.807, 2.05) is 25.2 Å². The summed E-state index contributed by atoms with van der Waals surface area (Å²) in [7, 11) is 1.86. The number of aromatic nitrogens is 3. The fraction of sp³-hybridized carbons (Fsp3) is 0.143. The lowest BCUT2D eigenvalue weighted by molar-refractivity contribution is 1.14. The highest BCUT2D eigenvalue weighted by Crippen LogP contribution is 2.27. The van der Waals surface area contributed by atoms with Crippen LogP contribution < -0.4 is 5.32 Å². The topological polar surface area (TPSA) is 53.6 Å². The van der Waals surface area contributed by atoms with E-state index >= 15 is 0 Å². The standard InChI is InChI=1S/C13H11BrN4.C8H10/c1-15-12-10-6-11(18-13(10)17-7-16-12)8-2-4-9(14)5-3-8;1-2-8-6-4-3-5-7-8/h2-7H,1H3,(H2,15,16,17,18);3-7H,2H2,1H3. The molecule has 2 heterocycles. The summed E-state index contributed by atoms with van der Waals surface area (Å²) in [5, 5.41) is 4.06. The molecule has 4 nitrogen and oxygen atoms in total. The molecular formula is C21H21BrN4. The maximum atomic E-state index is 4.24. The molecule has 5 heteroatoms. The summed E-state index contributed by atoms with van der Waals surface area (Å²) in [6, 6.07) is 20.7. The molecule has 26 heavy (non-hydrogen) atoms. The van der Waals surface area contributed by atoms with Crippen molar-refractivity contribution in [3.63, 3.8) is 0 Å². The van der Waals surface area contributed by atoms with Gasteiger partial charge in [-0.15, -0.1) is 0 Å². The molecule has 2 N–H and O–H groups in total. The minimum absolute atomic E-state index is 0.833. The molecule has 0 saturated carbocycles. The monoisotopic (exact) mass is 408 g/mol. The Morgan fingerprint density at radius 2 is 1.73 bits per heavy atom. The van der Waals surface area contributed by atoms with Gasteiger partial charge >= 0.3 is 0 Å². The molecule has 0 atom stereocenters. The van der Waals surface area contributed by atoms with E-state index in [0.29, 0.717) is 0 Å². The van der Waals surface area contributed by atoms with Gasteiger partial charge in [-0.05, 0) is 35.7 Å². The Kier molecular flexibility index (Phi) is 6.02. The van der Waals surface area contributed by atoms with E-state index in [-0.39, 0.29) is 0 Å². The number of benzene rings is 2. The Morgan fingerprint density at radius 3 is 2.35 bits per heavy atom. The molecule has 132 valence electrons. The number of hydrogen-bond donors (Lipinski definition) is 2. The number of fused-ring (bicyclic) bond motifs is 1. The third kappa shape index (κ3) is 4.29. The van der Waals surface area contributed by atoms with Crippen molar-refractivity contribution in [3.8, 4) is 11.3 Å². The average molecular weight is 409 g/mol. The first-order chi connectivity index (χ1) is 12.7. The highest BCUT2D eigenvalue weighted by Gasteiger charge is 2.08. The van der Waals surface area contributed by atoms with Crippen molar-refractivity contribution in [1.82, 2.24) is 15.0 Å². The minimum atomic E-state index is 0.833. The maximum absolute atomic E-state index is 4.24. The molecule has 0 aliphatic rings. The summed E-state index contributed by atoms with van der Waals surface area (Å²) in [5.74, 6) is 0.833. The largest absolute Gasteiger partial charge is 0.372 e. The van der Waals surface area contributed by atoms with Crippen molar-refractivity contribution in [3.05, 3.63) is 77.0 Å². The van der Waals surface area contributed by atoms with Crippen LogP contribution in [0.25, 0.3) is 22.3 Å². The van der Waals surface area contributed by atoms with Gasteiger partial charge in [0.2, 0.25) is 0 Å². The molecule has 2 aromatic carbocycles. The SMILES string of the molecule is CCc1ccccc1.CNc1ncnc2[nH]c(-c3ccc(Br)cc3)cc12.